The van der Waals surface area contributed by atoms with Crippen LogP contribution >= 0.6 is 15.9 Å². The summed E-state index contributed by atoms with van der Waals surface area (Å²) in [6.45, 7) is 3.24. The van der Waals surface area contributed by atoms with E-state index in [1.165, 1.54) is 0 Å². The monoisotopic (exact) mass is 358 g/mol. The van der Waals surface area contributed by atoms with E-state index in [-0.39, 0.29) is 6.29 Å². The number of aliphatic imine (C=N–C) groups is 2. The quantitative estimate of drug-likeness (QED) is 0.729. The lowest BCUT2D eigenvalue weighted by atomic mass is 10.1. The van der Waals surface area contributed by atoms with Crippen molar-refractivity contribution in [3.8, 4) is 0 Å². The maximum Gasteiger partial charge on any atom is 0.186 e. The molecule has 2 aromatic rings. The van der Waals surface area contributed by atoms with E-state index in [1.54, 1.807) is 0 Å². The minimum absolute atomic E-state index is 0.354. The van der Waals surface area contributed by atoms with E-state index in [1.807, 2.05) is 49.4 Å². The second-order valence-electron chi connectivity index (χ2n) is 4.94. The Balaban J connectivity index is 1.87. The molecule has 1 heterocycles. The van der Waals surface area contributed by atoms with Gasteiger partial charge in [-0.2, -0.15) is 9.98 Å². The number of aryl methyl sites for hydroxylation is 1. The van der Waals surface area contributed by atoms with E-state index in [2.05, 4.69) is 31.9 Å². The van der Waals surface area contributed by atoms with Crippen LogP contribution in [0.1, 0.15) is 17.4 Å². The summed E-state index contributed by atoms with van der Waals surface area (Å²) in [5.74, 6) is 0. The second-order valence-corrected chi connectivity index (χ2v) is 5.85. The lowest BCUT2D eigenvalue weighted by Gasteiger charge is -2.12. The molecule has 0 unspecified atom stereocenters. The molecule has 4 nitrogen and oxygen atoms in total. The molecule has 112 valence electrons. The maximum absolute atomic E-state index is 5.57. The lowest BCUT2D eigenvalue weighted by Crippen LogP contribution is -1.98. The summed E-state index contributed by atoms with van der Waals surface area (Å²) in [4.78, 5) is 8.53. The van der Waals surface area contributed by atoms with Crippen molar-refractivity contribution in [3.05, 3.63) is 58.1 Å². The van der Waals surface area contributed by atoms with Gasteiger partial charge >= 0.3 is 0 Å². The van der Waals surface area contributed by atoms with Crippen LogP contribution in [0.2, 0.25) is 0 Å². The molecule has 0 N–H and O–H groups in total. The fourth-order valence-electron chi connectivity index (χ4n) is 2.15. The highest BCUT2D eigenvalue weighted by Gasteiger charge is 2.21. The van der Waals surface area contributed by atoms with Crippen LogP contribution in [0.4, 0.5) is 11.4 Å². The molecule has 1 aliphatic heterocycles. The molecule has 5 heteroatoms. The first-order valence-corrected chi connectivity index (χ1v) is 7.77. The molecular weight excluding hydrogens is 344 g/mol. The van der Waals surface area contributed by atoms with Crippen molar-refractivity contribution >= 4 is 33.3 Å². The van der Waals surface area contributed by atoms with Gasteiger partial charge < -0.3 is 9.47 Å². The van der Waals surface area contributed by atoms with Crippen molar-refractivity contribution in [2.45, 2.75) is 13.2 Å². The van der Waals surface area contributed by atoms with Gasteiger partial charge in [0.2, 0.25) is 0 Å². The van der Waals surface area contributed by atoms with Gasteiger partial charge in [0.05, 0.1) is 24.6 Å². The predicted molar refractivity (Wildman–Crippen MR) is 89.1 cm³/mol. The highest BCUT2D eigenvalue weighted by Crippen LogP contribution is 2.32. The number of halogens is 1. The van der Waals surface area contributed by atoms with E-state index in [4.69, 9.17) is 9.47 Å². The van der Waals surface area contributed by atoms with Crippen molar-refractivity contribution < 1.29 is 9.47 Å². The number of benzene rings is 2. The smallest absolute Gasteiger partial charge is 0.186 e. The van der Waals surface area contributed by atoms with Gasteiger partial charge in [0.1, 0.15) is 6.01 Å². The fourth-order valence-corrected chi connectivity index (χ4v) is 2.42. The highest BCUT2D eigenvalue weighted by atomic mass is 79.9. The molecule has 0 aromatic heterocycles. The predicted octanol–water partition coefficient (Wildman–Crippen LogP) is 4.94. The number of hydrogen-bond donors (Lipinski definition) is 0. The molecule has 0 atom stereocenters. The average Bonchev–Trinajstić information content (AvgIpc) is 3.05. The molecule has 0 saturated carbocycles. The summed E-state index contributed by atoms with van der Waals surface area (Å²) in [5, 5.41) is 0. The van der Waals surface area contributed by atoms with Crippen LogP contribution in [0.5, 0.6) is 0 Å². The molecule has 1 saturated heterocycles. The molecule has 3 rings (SSSR count). The third-order valence-corrected chi connectivity index (χ3v) is 3.76. The van der Waals surface area contributed by atoms with Crippen molar-refractivity contribution in [2.75, 3.05) is 13.2 Å². The van der Waals surface area contributed by atoms with E-state index >= 15 is 0 Å². The summed E-state index contributed by atoms with van der Waals surface area (Å²) in [7, 11) is 0. The zero-order valence-corrected chi connectivity index (χ0v) is 13.7. The van der Waals surface area contributed by atoms with Gasteiger partial charge in [0.25, 0.3) is 0 Å². The summed E-state index contributed by atoms with van der Waals surface area (Å²) in [5.41, 5.74) is 3.61. The molecule has 0 spiro atoms. The van der Waals surface area contributed by atoms with Gasteiger partial charge in [-0.3, -0.25) is 0 Å². The number of hydrogen-bond acceptors (Lipinski definition) is 4. The molecule has 0 bridgehead atoms. The molecule has 0 aliphatic carbocycles. The van der Waals surface area contributed by atoms with Crippen molar-refractivity contribution in [1.82, 2.24) is 0 Å². The fraction of sp³-hybridized carbons (Fsp3) is 0.235. The first kappa shape index (κ1) is 15.1. The molecule has 2 aromatic carbocycles. The Morgan fingerprint density at radius 3 is 2.50 bits per heavy atom. The Kier molecular flexibility index (Phi) is 4.80. The zero-order valence-electron chi connectivity index (χ0n) is 12.1. The van der Waals surface area contributed by atoms with Crippen molar-refractivity contribution in [1.29, 1.82) is 0 Å². The minimum Gasteiger partial charge on any atom is -0.346 e. The molecule has 1 aliphatic rings. The van der Waals surface area contributed by atoms with E-state index < -0.39 is 0 Å². The third-order valence-electron chi connectivity index (χ3n) is 3.23. The standard InChI is InChI=1S/C17H15BrN2O2/c1-12-2-7-16(15(10-12)17-21-8-9-22-17)20-11-19-14-5-3-13(18)4-6-14/h2-7,10,17H,8-9H2,1H3. The summed E-state index contributed by atoms with van der Waals surface area (Å²) < 4.78 is 12.1. The summed E-state index contributed by atoms with van der Waals surface area (Å²) in [6.07, 6.45) is -0.354. The number of rotatable bonds is 3. The van der Waals surface area contributed by atoms with Crippen LogP contribution in [0.15, 0.2) is 56.9 Å². The van der Waals surface area contributed by atoms with Gasteiger partial charge in [-0.15, -0.1) is 0 Å². The Labute approximate surface area is 137 Å². The Hall–Kier alpha value is -1.78. The van der Waals surface area contributed by atoms with Gasteiger partial charge in [0, 0.05) is 10.0 Å². The number of nitrogens with zero attached hydrogens (tertiary/aromatic N) is 2. The summed E-state index contributed by atoms with van der Waals surface area (Å²) >= 11 is 3.39. The first-order chi connectivity index (χ1) is 10.7. The van der Waals surface area contributed by atoms with Crippen LogP contribution < -0.4 is 0 Å². The normalized spacial score (nSPS) is 14.6. The Morgan fingerprint density at radius 2 is 1.77 bits per heavy atom. The molecule has 22 heavy (non-hydrogen) atoms. The maximum atomic E-state index is 5.57. The Morgan fingerprint density at radius 1 is 1.05 bits per heavy atom. The molecular formula is C17H15BrN2O2. The summed E-state index contributed by atoms with van der Waals surface area (Å²) in [6, 6.07) is 16.3. The topological polar surface area (TPSA) is 43.2 Å². The van der Waals surface area contributed by atoms with E-state index in [0.29, 0.717) is 13.2 Å². The van der Waals surface area contributed by atoms with Crippen LogP contribution in [0.3, 0.4) is 0 Å². The SMILES string of the molecule is Cc1ccc(N=C=Nc2ccc(Br)cc2)c(C2OCCO2)c1. The minimum atomic E-state index is -0.354. The van der Waals surface area contributed by atoms with Gasteiger partial charge in [-0.25, -0.2) is 0 Å². The van der Waals surface area contributed by atoms with E-state index in [9.17, 15) is 0 Å². The van der Waals surface area contributed by atoms with Crippen LogP contribution in [0, 0.1) is 6.92 Å². The third kappa shape index (κ3) is 3.70. The average molecular weight is 359 g/mol. The molecule has 1 fully saturated rings. The second kappa shape index (κ2) is 6.99. The van der Waals surface area contributed by atoms with Gasteiger partial charge in [-0.1, -0.05) is 27.6 Å². The van der Waals surface area contributed by atoms with Crippen LogP contribution in [0.25, 0.3) is 0 Å². The highest BCUT2D eigenvalue weighted by molar-refractivity contribution is 9.10. The lowest BCUT2D eigenvalue weighted by molar-refractivity contribution is -0.0436. The van der Waals surface area contributed by atoms with Crippen LogP contribution in [-0.4, -0.2) is 19.2 Å². The van der Waals surface area contributed by atoms with Gasteiger partial charge in [0.15, 0.2) is 6.29 Å². The van der Waals surface area contributed by atoms with Gasteiger partial charge in [-0.05, 0) is 43.3 Å². The zero-order chi connectivity index (χ0) is 15.4. The first-order valence-electron chi connectivity index (χ1n) is 6.98. The largest absolute Gasteiger partial charge is 0.346 e. The van der Waals surface area contributed by atoms with Crippen molar-refractivity contribution in [3.63, 3.8) is 0 Å². The van der Waals surface area contributed by atoms with E-state index in [0.717, 1.165) is 27.0 Å². The van der Waals surface area contributed by atoms with Crippen molar-refractivity contribution in [2.24, 2.45) is 9.98 Å². The molecule has 0 radical (unpaired) electrons. The Bertz CT molecular complexity index is 716. The molecule has 0 amide bonds. The van der Waals surface area contributed by atoms with Crippen LogP contribution in [-0.2, 0) is 9.47 Å². The number of ether oxygens (including phenoxy) is 2.